The van der Waals surface area contributed by atoms with E-state index in [0.717, 1.165) is 45.3 Å². The van der Waals surface area contributed by atoms with Crippen molar-refractivity contribution < 1.29 is 9.13 Å². The quantitative estimate of drug-likeness (QED) is 0.157. The first-order valence-electron chi connectivity index (χ1n) is 14.6. The third-order valence-electron chi connectivity index (χ3n) is 7.57. The first-order valence-corrected chi connectivity index (χ1v) is 14.6. The van der Waals surface area contributed by atoms with Gasteiger partial charge in [0.1, 0.15) is 23.9 Å². The number of ether oxygens (including phenoxy) is 1. The summed E-state index contributed by atoms with van der Waals surface area (Å²) in [6.45, 7) is 1.99. The van der Waals surface area contributed by atoms with Gasteiger partial charge in [-0.2, -0.15) is 5.10 Å². The number of anilines is 1. The van der Waals surface area contributed by atoms with Gasteiger partial charge in [0.2, 0.25) is 0 Å². The number of fused-ring (bicyclic) bond motifs is 2. The number of hydrogen-bond acceptors (Lipinski definition) is 7. The molecule has 0 radical (unpaired) electrons. The Morgan fingerprint density at radius 1 is 0.911 bits per heavy atom. The summed E-state index contributed by atoms with van der Waals surface area (Å²) >= 11 is 0. The van der Waals surface area contributed by atoms with E-state index in [1.165, 1.54) is 12.1 Å². The number of hydrogen-bond donors (Lipinski definition) is 3. The fourth-order valence-corrected chi connectivity index (χ4v) is 5.31. The summed E-state index contributed by atoms with van der Waals surface area (Å²) in [6.07, 6.45) is 5.22. The van der Waals surface area contributed by atoms with Crippen LogP contribution in [0.25, 0.3) is 55.8 Å². The minimum Gasteiger partial charge on any atom is -0.487 e. The van der Waals surface area contributed by atoms with Crippen molar-refractivity contribution in [3.05, 3.63) is 109 Å². The number of nitrogens with one attached hydrogen (secondary N) is 3. The number of aromatic nitrogens is 6. The highest BCUT2D eigenvalue weighted by atomic mass is 19.1. The number of likely N-dealkylation sites (N-methyl/N-ethyl adjacent to an activating group) is 1. The highest BCUT2D eigenvalue weighted by Gasteiger charge is 2.17. The molecule has 7 rings (SSSR count). The maximum Gasteiger partial charge on any atom is 0.178 e. The SMILES string of the molecule is CN(C)CCNc1cc(F)cc(-c2ccnc3nc(-c4n[nH]c5ccc(-c6cncc(OCc7ccccc7)c6)cc45)[nH]c23)c1. The Bertz CT molecular complexity index is 2100. The Morgan fingerprint density at radius 3 is 2.67 bits per heavy atom. The van der Waals surface area contributed by atoms with Crippen LogP contribution in [-0.4, -0.2) is 62.2 Å². The van der Waals surface area contributed by atoms with Gasteiger partial charge in [0.05, 0.1) is 17.2 Å². The van der Waals surface area contributed by atoms with Gasteiger partial charge in [-0.25, -0.2) is 14.4 Å². The molecule has 0 unspecified atom stereocenters. The number of aromatic amines is 2. The third kappa shape index (κ3) is 6.09. The molecule has 0 spiro atoms. The summed E-state index contributed by atoms with van der Waals surface area (Å²) in [5.41, 5.74) is 7.96. The number of pyridine rings is 2. The summed E-state index contributed by atoms with van der Waals surface area (Å²) < 4.78 is 20.7. The van der Waals surface area contributed by atoms with Crippen LogP contribution >= 0.6 is 0 Å². The number of benzene rings is 3. The molecule has 0 amide bonds. The molecule has 0 aliphatic carbocycles. The predicted octanol–water partition coefficient (Wildman–Crippen LogP) is 6.92. The first kappa shape index (κ1) is 28.2. The molecular formula is C35H31FN8O. The van der Waals surface area contributed by atoms with Crippen LogP contribution < -0.4 is 10.1 Å². The number of imidazole rings is 1. The van der Waals surface area contributed by atoms with E-state index in [1.807, 2.05) is 81.0 Å². The lowest BCUT2D eigenvalue weighted by Gasteiger charge is -2.13. The summed E-state index contributed by atoms with van der Waals surface area (Å²) in [5, 5.41) is 11.9. The Kier molecular flexibility index (Phi) is 7.62. The standard InChI is InChI=1S/C35H31FN8O/c1-44(2)13-12-38-27-15-24(14-26(36)18-27)29-10-11-39-34-32(29)40-35(41-34)33-30-17-23(8-9-31(30)42-43-33)25-16-28(20-37-19-25)45-21-22-6-4-3-5-7-22/h3-11,14-20,38H,12-13,21H2,1-2H3,(H,42,43)(H,39,40,41). The van der Waals surface area contributed by atoms with Crippen LogP contribution in [0, 0.1) is 5.82 Å². The fourth-order valence-electron chi connectivity index (χ4n) is 5.31. The van der Waals surface area contributed by atoms with Gasteiger partial charge in [0, 0.05) is 47.7 Å². The maximum absolute atomic E-state index is 14.7. The van der Waals surface area contributed by atoms with Crippen molar-refractivity contribution in [3.8, 4) is 39.5 Å². The van der Waals surface area contributed by atoms with Crippen molar-refractivity contribution in [3.63, 3.8) is 0 Å². The molecule has 9 nitrogen and oxygen atoms in total. The second-order valence-corrected chi connectivity index (χ2v) is 11.1. The molecule has 3 aromatic carbocycles. The van der Waals surface area contributed by atoms with Crippen LogP contribution in [-0.2, 0) is 6.61 Å². The van der Waals surface area contributed by atoms with E-state index >= 15 is 0 Å². The van der Waals surface area contributed by atoms with Crippen LogP contribution in [0.5, 0.6) is 5.75 Å². The summed E-state index contributed by atoms with van der Waals surface area (Å²) in [5.74, 6) is 0.930. The molecule has 224 valence electrons. The van der Waals surface area contributed by atoms with Crippen molar-refractivity contribution in [2.45, 2.75) is 6.61 Å². The minimum absolute atomic E-state index is 0.320. The van der Waals surface area contributed by atoms with Crippen molar-refractivity contribution >= 4 is 27.8 Å². The zero-order valence-electron chi connectivity index (χ0n) is 24.9. The van der Waals surface area contributed by atoms with Crippen LogP contribution in [0.1, 0.15) is 5.56 Å². The molecule has 0 atom stereocenters. The first-order chi connectivity index (χ1) is 22.0. The lowest BCUT2D eigenvalue weighted by atomic mass is 10.0. The van der Waals surface area contributed by atoms with Crippen LogP contribution in [0.4, 0.5) is 10.1 Å². The molecule has 45 heavy (non-hydrogen) atoms. The molecule has 3 N–H and O–H groups in total. The van der Waals surface area contributed by atoms with Gasteiger partial charge in [0.15, 0.2) is 11.5 Å². The smallest absolute Gasteiger partial charge is 0.178 e. The zero-order chi connectivity index (χ0) is 30.8. The number of nitrogens with zero attached hydrogens (tertiary/aromatic N) is 5. The topological polar surface area (TPSA) is 108 Å². The van der Waals surface area contributed by atoms with Gasteiger partial charge in [-0.1, -0.05) is 36.4 Å². The normalized spacial score (nSPS) is 11.5. The van der Waals surface area contributed by atoms with E-state index in [2.05, 4.69) is 41.4 Å². The Labute approximate surface area is 259 Å². The second kappa shape index (κ2) is 12.2. The highest BCUT2D eigenvalue weighted by Crippen LogP contribution is 2.34. The maximum atomic E-state index is 14.7. The largest absolute Gasteiger partial charge is 0.487 e. The molecule has 0 fully saturated rings. The third-order valence-corrected chi connectivity index (χ3v) is 7.57. The Hall–Kier alpha value is -5.61. The minimum atomic E-state index is -0.320. The molecule has 10 heteroatoms. The van der Waals surface area contributed by atoms with Crippen molar-refractivity contribution in [1.29, 1.82) is 0 Å². The van der Waals surface area contributed by atoms with Gasteiger partial charge < -0.3 is 19.9 Å². The van der Waals surface area contributed by atoms with E-state index in [4.69, 9.17) is 9.72 Å². The number of rotatable bonds is 10. The predicted molar refractivity (Wildman–Crippen MR) is 175 cm³/mol. The molecule has 0 aliphatic heterocycles. The van der Waals surface area contributed by atoms with Gasteiger partial charge in [-0.3, -0.25) is 10.1 Å². The van der Waals surface area contributed by atoms with Crippen molar-refractivity contribution in [2.24, 2.45) is 0 Å². The van der Waals surface area contributed by atoms with Gasteiger partial charge in [0.25, 0.3) is 0 Å². The van der Waals surface area contributed by atoms with E-state index in [-0.39, 0.29) is 5.82 Å². The van der Waals surface area contributed by atoms with Crippen molar-refractivity contribution in [2.75, 3.05) is 32.5 Å². The molecule has 0 saturated heterocycles. The van der Waals surface area contributed by atoms with Crippen LogP contribution in [0.2, 0.25) is 0 Å². The van der Waals surface area contributed by atoms with Crippen LogP contribution in [0.15, 0.2) is 97.5 Å². The van der Waals surface area contributed by atoms with Gasteiger partial charge in [-0.05, 0) is 73.3 Å². The number of H-pyrrole nitrogens is 2. The van der Waals surface area contributed by atoms with E-state index < -0.39 is 0 Å². The summed E-state index contributed by atoms with van der Waals surface area (Å²) in [7, 11) is 4.01. The zero-order valence-corrected chi connectivity index (χ0v) is 24.9. The second-order valence-electron chi connectivity index (χ2n) is 11.1. The molecule has 0 saturated carbocycles. The molecule has 0 aliphatic rings. The van der Waals surface area contributed by atoms with Crippen molar-refractivity contribution in [1.82, 2.24) is 35.0 Å². The molecule has 4 aromatic heterocycles. The average Bonchev–Trinajstić information content (AvgIpc) is 3.68. The van der Waals surface area contributed by atoms with E-state index in [1.54, 1.807) is 12.4 Å². The molecular weight excluding hydrogens is 567 g/mol. The Morgan fingerprint density at radius 2 is 1.80 bits per heavy atom. The van der Waals surface area contributed by atoms with E-state index in [9.17, 15) is 4.39 Å². The van der Waals surface area contributed by atoms with Gasteiger partial charge >= 0.3 is 0 Å². The van der Waals surface area contributed by atoms with E-state index in [0.29, 0.717) is 47.3 Å². The number of halogens is 1. The summed E-state index contributed by atoms with van der Waals surface area (Å²) in [6, 6.07) is 24.9. The Balaban J connectivity index is 1.20. The monoisotopic (exact) mass is 598 g/mol. The molecule has 4 heterocycles. The van der Waals surface area contributed by atoms with Gasteiger partial charge in [-0.15, -0.1) is 0 Å². The lowest BCUT2D eigenvalue weighted by molar-refractivity contribution is 0.305. The molecule has 7 aromatic rings. The lowest BCUT2D eigenvalue weighted by Crippen LogP contribution is -2.20. The van der Waals surface area contributed by atoms with Crippen LogP contribution in [0.3, 0.4) is 0 Å². The average molecular weight is 599 g/mol. The molecule has 0 bridgehead atoms. The fraction of sp³-hybridized carbons (Fsp3) is 0.143. The highest BCUT2D eigenvalue weighted by molar-refractivity contribution is 5.97. The summed E-state index contributed by atoms with van der Waals surface area (Å²) in [4.78, 5) is 19.2.